The second-order valence-electron chi connectivity index (χ2n) is 7.56. The normalized spacial score (nSPS) is 11.3. The summed E-state index contributed by atoms with van der Waals surface area (Å²) >= 11 is 0. The third-order valence-corrected chi connectivity index (χ3v) is 5.22. The van der Waals surface area contributed by atoms with E-state index in [1.54, 1.807) is 37.3 Å². The van der Waals surface area contributed by atoms with Crippen LogP contribution < -0.4 is 5.32 Å². The first kappa shape index (κ1) is 23.1. The molecular formula is C23H23F3N4O2. The van der Waals surface area contributed by atoms with E-state index in [1.165, 1.54) is 13.1 Å². The number of aryl methyl sites for hydroxylation is 2. The SMILES string of the molecule is Cc1ccccc1-n1ncc(C(=O)N(C)CC(=O)Nc2cccc(C)c2C)c1C(F)(F)F. The van der Waals surface area contributed by atoms with Gasteiger partial charge in [-0.2, -0.15) is 18.3 Å². The minimum atomic E-state index is -4.83. The monoisotopic (exact) mass is 444 g/mol. The van der Waals surface area contributed by atoms with Gasteiger partial charge in [0.25, 0.3) is 5.91 Å². The minimum Gasteiger partial charge on any atom is -0.332 e. The van der Waals surface area contributed by atoms with E-state index < -0.39 is 35.8 Å². The van der Waals surface area contributed by atoms with E-state index in [-0.39, 0.29) is 5.69 Å². The van der Waals surface area contributed by atoms with E-state index in [9.17, 15) is 22.8 Å². The molecule has 32 heavy (non-hydrogen) atoms. The van der Waals surface area contributed by atoms with Crippen LogP contribution in [0.1, 0.15) is 32.7 Å². The molecule has 0 spiro atoms. The number of carbonyl (C=O) groups excluding carboxylic acids is 2. The molecular weight excluding hydrogens is 421 g/mol. The second kappa shape index (κ2) is 8.86. The Labute approximate surface area is 183 Å². The number of benzene rings is 2. The summed E-state index contributed by atoms with van der Waals surface area (Å²) < 4.78 is 42.4. The van der Waals surface area contributed by atoms with Crippen molar-refractivity contribution in [1.82, 2.24) is 14.7 Å². The summed E-state index contributed by atoms with van der Waals surface area (Å²) in [6, 6.07) is 11.8. The highest BCUT2D eigenvalue weighted by atomic mass is 19.4. The maximum atomic E-state index is 13.9. The number of para-hydroxylation sites is 1. The van der Waals surface area contributed by atoms with Gasteiger partial charge in [-0.25, -0.2) is 4.68 Å². The molecule has 6 nitrogen and oxygen atoms in total. The fraction of sp³-hybridized carbons (Fsp3) is 0.261. The van der Waals surface area contributed by atoms with Crippen molar-refractivity contribution in [1.29, 1.82) is 0 Å². The van der Waals surface area contributed by atoms with Gasteiger partial charge in [0.1, 0.15) is 0 Å². The summed E-state index contributed by atoms with van der Waals surface area (Å²) in [4.78, 5) is 26.2. The number of nitrogens with one attached hydrogen (secondary N) is 1. The number of alkyl halides is 3. The van der Waals surface area contributed by atoms with Gasteiger partial charge in [-0.3, -0.25) is 9.59 Å². The Morgan fingerprint density at radius 3 is 2.34 bits per heavy atom. The number of anilines is 1. The predicted octanol–water partition coefficient (Wildman–Crippen LogP) is 4.53. The lowest BCUT2D eigenvalue weighted by Gasteiger charge is -2.19. The van der Waals surface area contributed by atoms with Crippen LogP contribution in [0.4, 0.5) is 18.9 Å². The van der Waals surface area contributed by atoms with Crippen LogP contribution in [0.25, 0.3) is 5.69 Å². The molecule has 9 heteroatoms. The molecule has 0 fully saturated rings. The van der Waals surface area contributed by atoms with Crippen LogP contribution in [0.3, 0.4) is 0 Å². The Morgan fingerprint density at radius 1 is 1.03 bits per heavy atom. The third-order valence-electron chi connectivity index (χ3n) is 5.22. The molecule has 1 heterocycles. The van der Waals surface area contributed by atoms with E-state index in [4.69, 9.17) is 0 Å². The molecule has 0 unspecified atom stereocenters. The Kier molecular flexibility index (Phi) is 6.38. The molecule has 0 aliphatic heterocycles. The van der Waals surface area contributed by atoms with Crippen molar-refractivity contribution in [2.24, 2.45) is 0 Å². The van der Waals surface area contributed by atoms with Gasteiger partial charge in [-0.15, -0.1) is 0 Å². The fourth-order valence-corrected chi connectivity index (χ4v) is 3.33. The standard InChI is InChI=1S/C23H23F3N4O2/c1-14-9-7-10-18(16(14)3)28-20(31)13-29(4)22(32)17-12-27-30(21(17)23(24,25)26)19-11-6-5-8-15(19)2/h5-12H,13H2,1-4H3,(H,28,31). The smallest absolute Gasteiger partial charge is 0.332 e. The highest BCUT2D eigenvalue weighted by Crippen LogP contribution is 2.34. The van der Waals surface area contributed by atoms with Gasteiger partial charge in [-0.05, 0) is 49.6 Å². The zero-order chi connectivity index (χ0) is 23.6. The van der Waals surface area contributed by atoms with Crippen molar-refractivity contribution in [3.05, 3.63) is 76.6 Å². The molecule has 0 saturated carbocycles. The van der Waals surface area contributed by atoms with Gasteiger partial charge in [0.15, 0.2) is 5.69 Å². The molecule has 2 aromatic carbocycles. The maximum absolute atomic E-state index is 13.9. The number of carbonyl (C=O) groups is 2. The Hall–Kier alpha value is -3.62. The molecule has 3 aromatic rings. The second-order valence-corrected chi connectivity index (χ2v) is 7.56. The van der Waals surface area contributed by atoms with Crippen molar-refractivity contribution < 1.29 is 22.8 Å². The van der Waals surface area contributed by atoms with Gasteiger partial charge in [-0.1, -0.05) is 30.3 Å². The first-order valence-corrected chi connectivity index (χ1v) is 9.83. The summed E-state index contributed by atoms with van der Waals surface area (Å²) in [5, 5.41) is 6.53. The molecule has 1 N–H and O–H groups in total. The van der Waals surface area contributed by atoms with Crippen LogP contribution in [0.2, 0.25) is 0 Å². The molecule has 1 aromatic heterocycles. The molecule has 0 bridgehead atoms. The topological polar surface area (TPSA) is 67.2 Å². The lowest BCUT2D eigenvalue weighted by molar-refractivity contribution is -0.143. The molecule has 2 amide bonds. The van der Waals surface area contributed by atoms with Crippen molar-refractivity contribution in [3.8, 4) is 5.69 Å². The first-order chi connectivity index (χ1) is 15.0. The zero-order valence-electron chi connectivity index (χ0n) is 18.1. The van der Waals surface area contributed by atoms with Gasteiger partial charge in [0, 0.05) is 12.7 Å². The van der Waals surface area contributed by atoms with E-state index >= 15 is 0 Å². The van der Waals surface area contributed by atoms with E-state index in [1.807, 2.05) is 19.9 Å². The van der Waals surface area contributed by atoms with E-state index in [0.717, 1.165) is 22.2 Å². The van der Waals surface area contributed by atoms with Crippen molar-refractivity contribution in [3.63, 3.8) is 0 Å². The van der Waals surface area contributed by atoms with Crippen molar-refractivity contribution in [2.45, 2.75) is 26.9 Å². The summed E-state index contributed by atoms with van der Waals surface area (Å²) in [5.74, 6) is -1.47. The van der Waals surface area contributed by atoms with E-state index in [2.05, 4.69) is 10.4 Å². The molecule has 0 aliphatic carbocycles. The largest absolute Gasteiger partial charge is 0.434 e. The summed E-state index contributed by atoms with van der Waals surface area (Å²) in [7, 11) is 1.27. The molecule has 168 valence electrons. The fourth-order valence-electron chi connectivity index (χ4n) is 3.33. The van der Waals surface area contributed by atoms with Crippen LogP contribution in [0.15, 0.2) is 48.7 Å². The first-order valence-electron chi connectivity index (χ1n) is 9.83. The number of hydrogen-bond donors (Lipinski definition) is 1. The van der Waals surface area contributed by atoms with Crippen molar-refractivity contribution in [2.75, 3.05) is 18.9 Å². The number of halogens is 3. The molecule has 0 radical (unpaired) electrons. The number of aromatic nitrogens is 2. The zero-order valence-corrected chi connectivity index (χ0v) is 18.1. The van der Waals surface area contributed by atoms with Gasteiger partial charge < -0.3 is 10.2 Å². The highest BCUT2D eigenvalue weighted by Gasteiger charge is 2.41. The molecule has 0 saturated heterocycles. The minimum absolute atomic E-state index is 0.217. The van der Waals surface area contributed by atoms with Crippen LogP contribution in [0.5, 0.6) is 0 Å². The summed E-state index contributed by atoms with van der Waals surface area (Å²) in [6.45, 7) is 4.97. The molecule has 3 rings (SSSR count). The predicted molar refractivity (Wildman–Crippen MR) is 115 cm³/mol. The number of likely N-dealkylation sites (N-methyl/N-ethyl adjacent to an activating group) is 1. The van der Waals surface area contributed by atoms with Gasteiger partial charge >= 0.3 is 6.18 Å². The summed E-state index contributed by atoms with van der Waals surface area (Å²) in [6.07, 6.45) is -3.94. The van der Waals surface area contributed by atoms with Crippen LogP contribution in [0, 0.1) is 20.8 Å². The molecule has 0 atom stereocenters. The number of amides is 2. The number of rotatable bonds is 5. The Bertz CT molecular complexity index is 1170. The van der Waals surface area contributed by atoms with Gasteiger partial charge in [0.05, 0.1) is 24.0 Å². The van der Waals surface area contributed by atoms with Crippen LogP contribution >= 0.6 is 0 Å². The maximum Gasteiger partial charge on any atom is 0.434 e. The highest BCUT2D eigenvalue weighted by molar-refractivity contribution is 6.00. The number of hydrogen-bond acceptors (Lipinski definition) is 3. The summed E-state index contributed by atoms with van der Waals surface area (Å²) in [5.41, 5.74) is 1.41. The average Bonchev–Trinajstić information content (AvgIpc) is 3.16. The lowest BCUT2D eigenvalue weighted by Crippen LogP contribution is -2.36. The number of nitrogens with zero attached hydrogens (tertiary/aromatic N) is 3. The van der Waals surface area contributed by atoms with Gasteiger partial charge in [0.2, 0.25) is 5.91 Å². The van der Waals surface area contributed by atoms with E-state index in [0.29, 0.717) is 15.9 Å². The Balaban J connectivity index is 1.86. The van der Waals surface area contributed by atoms with Crippen LogP contribution in [-0.4, -0.2) is 40.1 Å². The lowest BCUT2D eigenvalue weighted by atomic mass is 10.1. The third kappa shape index (κ3) is 4.66. The van der Waals surface area contributed by atoms with Crippen LogP contribution in [-0.2, 0) is 11.0 Å². The quantitative estimate of drug-likeness (QED) is 0.629. The van der Waals surface area contributed by atoms with Crippen molar-refractivity contribution >= 4 is 17.5 Å². The average molecular weight is 444 g/mol. The Morgan fingerprint density at radius 2 is 1.69 bits per heavy atom. The molecule has 0 aliphatic rings.